The third-order valence-electron chi connectivity index (χ3n) is 2.29. The van der Waals surface area contributed by atoms with Gasteiger partial charge in [0.1, 0.15) is 17.3 Å². The fraction of sp³-hybridized carbons (Fsp3) is 0.167. The molecule has 90 valence electrons. The van der Waals surface area contributed by atoms with Gasteiger partial charge in [-0.25, -0.2) is 4.39 Å². The van der Waals surface area contributed by atoms with Crippen LogP contribution in [0.2, 0.25) is 0 Å². The third-order valence-corrected chi connectivity index (χ3v) is 3.00. The van der Waals surface area contributed by atoms with E-state index in [1.54, 1.807) is 12.3 Å². The summed E-state index contributed by atoms with van der Waals surface area (Å²) in [6, 6.07) is 6.16. The first kappa shape index (κ1) is 12.0. The highest BCUT2D eigenvalue weighted by Crippen LogP contribution is 2.26. The minimum Gasteiger partial charge on any atom is -0.494 e. The van der Waals surface area contributed by atoms with Gasteiger partial charge >= 0.3 is 0 Å². The van der Waals surface area contributed by atoms with Crippen LogP contribution in [0.3, 0.4) is 0 Å². The highest BCUT2D eigenvalue weighted by Gasteiger charge is 2.07. The molecule has 0 aliphatic carbocycles. The Morgan fingerprint density at radius 1 is 1.41 bits per heavy atom. The lowest BCUT2D eigenvalue weighted by Crippen LogP contribution is -2.01. The average Bonchev–Trinajstić information content (AvgIpc) is 2.73. The summed E-state index contributed by atoms with van der Waals surface area (Å²) in [5, 5.41) is 3.12. The van der Waals surface area contributed by atoms with Crippen LogP contribution in [0.4, 0.5) is 10.1 Å². The van der Waals surface area contributed by atoms with E-state index in [0.29, 0.717) is 12.3 Å². The van der Waals surface area contributed by atoms with Crippen LogP contribution in [-0.4, -0.2) is 7.11 Å². The molecule has 0 bridgehead atoms. The SMILES string of the molecule is COc1cc(F)ccc1NCc1occc1Br. The number of methoxy groups -OCH3 is 1. The average molecular weight is 300 g/mol. The molecule has 17 heavy (non-hydrogen) atoms. The van der Waals surface area contributed by atoms with Gasteiger partial charge in [0.2, 0.25) is 0 Å². The topological polar surface area (TPSA) is 34.4 Å². The van der Waals surface area contributed by atoms with Crippen LogP contribution in [0.5, 0.6) is 5.75 Å². The Hall–Kier alpha value is -1.49. The Balaban J connectivity index is 2.11. The number of halogens is 2. The molecule has 0 spiro atoms. The lowest BCUT2D eigenvalue weighted by molar-refractivity contribution is 0.412. The van der Waals surface area contributed by atoms with Crippen molar-refractivity contribution in [3.63, 3.8) is 0 Å². The Morgan fingerprint density at radius 3 is 2.88 bits per heavy atom. The summed E-state index contributed by atoms with van der Waals surface area (Å²) in [5.41, 5.74) is 0.720. The molecule has 0 aliphatic rings. The fourth-order valence-electron chi connectivity index (χ4n) is 1.44. The van der Waals surface area contributed by atoms with Gasteiger partial charge in [0.15, 0.2) is 0 Å². The van der Waals surface area contributed by atoms with Crippen LogP contribution in [0.15, 0.2) is 39.4 Å². The van der Waals surface area contributed by atoms with Crippen molar-refractivity contribution in [1.29, 1.82) is 0 Å². The predicted octanol–water partition coefficient (Wildman–Crippen LogP) is 3.80. The fourth-order valence-corrected chi connectivity index (χ4v) is 1.78. The second-order valence-corrected chi connectivity index (χ2v) is 4.24. The first-order valence-electron chi connectivity index (χ1n) is 5.00. The molecule has 2 aromatic rings. The highest BCUT2D eigenvalue weighted by atomic mass is 79.9. The zero-order chi connectivity index (χ0) is 12.3. The van der Waals surface area contributed by atoms with E-state index in [0.717, 1.165) is 15.9 Å². The zero-order valence-corrected chi connectivity index (χ0v) is 10.8. The second-order valence-electron chi connectivity index (χ2n) is 3.39. The van der Waals surface area contributed by atoms with Crippen LogP contribution in [0, 0.1) is 5.82 Å². The van der Waals surface area contributed by atoms with Crippen molar-refractivity contribution >= 4 is 21.6 Å². The molecule has 0 amide bonds. The van der Waals surface area contributed by atoms with Crippen LogP contribution in [0.1, 0.15) is 5.76 Å². The number of nitrogens with one attached hydrogen (secondary N) is 1. The monoisotopic (exact) mass is 299 g/mol. The first-order chi connectivity index (χ1) is 8.20. The van der Waals surface area contributed by atoms with Crippen molar-refractivity contribution in [2.75, 3.05) is 12.4 Å². The summed E-state index contributed by atoms with van der Waals surface area (Å²) in [7, 11) is 1.50. The minimum absolute atomic E-state index is 0.327. The van der Waals surface area contributed by atoms with Gasteiger partial charge < -0.3 is 14.5 Å². The van der Waals surface area contributed by atoms with Gasteiger partial charge in [-0.1, -0.05) is 0 Å². The summed E-state index contributed by atoms with van der Waals surface area (Å²) < 4.78 is 24.2. The van der Waals surface area contributed by atoms with Crippen LogP contribution >= 0.6 is 15.9 Å². The van der Waals surface area contributed by atoms with E-state index in [4.69, 9.17) is 9.15 Å². The van der Waals surface area contributed by atoms with E-state index < -0.39 is 0 Å². The second kappa shape index (κ2) is 5.23. The largest absolute Gasteiger partial charge is 0.494 e. The lowest BCUT2D eigenvalue weighted by Gasteiger charge is -2.10. The predicted molar refractivity (Wildman–Crippen MR) is 66.7 cm³/mol. The van der Waals surface area contributed by atoms with Crippen LogP contribution in [0.25, 0.3) is 0 Å². The summed E-state index contributed by atoms with van der Waals surface area (Å²) >= 11 is 3.36. The molecule has 0 saturated carbocycles. The molecule has 3 nitrogen and oxygen atoms in total. The Bertz CT molecular complexity index is 513. The van der Waals surface area contributed by atoms with E-state index in [1.165, 1.54) is 19.2 Å². The van der Waals surface area contributed by atoms with Crippen molar-refractivity contribution < 1.29 is 13.5 Å². The summed E-state index contributed by atoms with van der Waals surface area (Å²) in [6.45, 7) is 0.496. The van der Waals surface area contributed by atoms with E-state index in [2.05, 4.69) is 21.2 Å². The minimum atomic E-state index is -0.327. The molecule has 2 rings (SSSR count). The van der Waals surface area contributed by atoms with Crippen molar-refractivity contribution in [2.45, 2.75) is 6.54 Å². The molecule has 1 aromatic heterocycles. The van der Waals surface area contributed by atoms with E-state index in [9.17, 15) is 4.39 Å². The maximum atomic E-state index is 13.0. The molecule has 0 fully saturated rings. The zero-order valence-electron chi connectivity index (χ0n) is 9.17. The number of hydrogen-bond donors (Lipinski definition) is 1. The Morgan fingerprint density at radius 2 is 2.24 bits per heavy atom. The number of rotatable bonds is 4. The molecule has 0 saturated heterocycles. The standard InChI is InChI=1S/C12H11BrFNO2/c1-16-11-6-8(14)2-3-10(11)15-7-12-9(13)4-5-17-12/h2-6,15H,7H2,1H3. The maximum absolute atomic E-state index is 13.0. The van der Waals surface area contributed by atoms with E-state index in [-0.39, 0.29) is 5.82 Å². The molecule has 1 aromatic carbocycles. The number of furan rings is 1. The van der Waals surface area contributed by atoms with Crippen LogP contribution in [-0.2, 0) is 6.54 Å². The third kappa shape index (κ3) is 2.79. The quantitative estimate of drug-likeness (QED) is 0.932. The number of hydrogen-bond acceptors (Lipinski definition) is 3. The molecular formula is C12H11BrFNO2. The number of benzene rings is 1. The molecule has 1 heterocycles. The summed E-state index contributed by atoms with van der Waals surface area (Å²) in [6.07, 6.45) is 1.60. The lowest BCUT2D eigenvalue weighted by atomic mass is 10.2. The summed E-state index contributed by atoms with van der Waals surface area (Å²) in [5.74, 6) is 0.913. The molecule has 0 aliphatic heterocycles. The van der Waals surface area contributed by atoms with Gasteiger partial charge in [0.25, 0.3) is 0 Å². The molecule has 1 N–H and O–H groups in total. The Kier molecular flexibility index (Phi) is 3.68. The number of ether oxygens (including phenoxy) is 1. The van der Waals surface area contributed by atoms with Gasteiger partial charge in [0, 0.05) is 6.07 Å². The van der Waals surface area contributed by atoms with Crippen molar-refractivity contribution in [1.82, 2.24) is 0 Å². The van der Waals surface area contributed by atoms with Crippen LogP contribution < -0.4 is 10.1 Å². The van der Waals surface area contributed by atoms with E-state index >= 15 is 0 Å². The first-order valence-corrected chi connectivity index (χ1v) is 5.79. The van der Waals surface area contributed by atoms with Crippen molar-refractivity contribution in [3.05, 3.63) is 46.6 Å². The number of anilines is 1. The van der Waals surface area contributed by atoms with E-state index in [1.807, 2.05) is 6.07 Å². The van der Waals surface area contributed by atoms with Crippen molar-refractivity contribution in [3.8, 4) is 5.75 Å². The van der Waals surface area contributed by atoms with Gasteiger partial charge in [0.05, 0.1) is 30.1 Å². The van der Waals surface area contributed by atoms with Gasteiger partial charge in [-0.05, 0) is 34.1 Å². The molecule has 0 atom stereocenters. The smallest absolute Gasteiger partial charge is 0.144 e. The normalized spacial score (nSPS) is 10.3. The van der Waals surface area contributed by atoms with Gasteiger partial charge in [-0.15, -0.1) is 0 Å². The molecular weight excluding hydrogens is 289 g/mol. The summed E-state index contributed by atoms with van der Waals surface area (Å²) in [4.78, 5) is 0. The molecule has 5 heteroatoms. The maximum Gasteiger partial charge on any atom is 0.144 e. The van der Waals surface area contributed by atoms with Gasteiger partial charge in [-0.3, -0.25) is 0 Å². The molecule has 0 radical (unpaired) electrons. The molecule has 0 unspecified atom stereocenters. The highest BCUT2D eigenvalue weighted by molar-refractivity contribution is 9.10. The van der Waals surface area contributed by atoms with Gasteiger partial charge in [-0.2, -0.15) is 0 Å². The Labute approximate surface area is 107 Å². The van der Waals surface area contributed by atoms with Crippen molar-refractivity contribution in [2.24, 2.45) is 0 Å².